The number of hydrogen-bond donors (Lipinski definition) is 1. The average Bonchev–Trinajstić information content (AvgIpc) is 2.13. The monoisotopic (exact) mass is 197 g/mol. The molecule has 2 N–H and O–H groups in total. The zero-order valence-electron chi connectivity index (χ0n) is 7.73. The van der Waals surface area contributed by atoms with Crippen LogP contribution < -0.4 is 5.73 Å². The van der Waals surface area contributed by atoms with Crippen LogP contribution in [-0.2, 0) is 0 Å². The van der Waals surface area contributed by atoms with Crippen molar-refractivity contribution in [2.24, 2.45) is 5.73 Å². The first-order valence-electron chi connectivity index (χ1n) is 4.07. The third-order valence-corrected chi connectivity index (χ3v) is 2.65. The van der Waals surface area contributed by atoms with E-state index in [4.69, 9.17) is 17.3 Å². The standard InChI is InChI=1S/C10H12ClNO/c1-6-3-4-8(9(13)5-12)7(2)10(6)11/h3-4H,5,12H2,1-2H3. The Morgan fingerprint density at radius 1 is 1.46 bits per heavy atom. The summed E-state index contributed by atoms with van der Waals surface area (Å²) >= 11 is 5.99. The van der Waals surface area contributed by atoms with Gasteiger partial charge in [-0.1, -0.05) is 23.7 Å². The molecule has 0 atom stereocenters. The van der Waals surface area contributed by atoms with Gasteiger partial charge in [-0.25, -0.2) is 0 Å². The first-order chi connectivity index (χ1) is 6.07. The fourth-order valence-electron chi connectivity index (χ4n) is 1.23. The molecule has 0 amide bonds. The summed E-state index contributed by atoms with van der Waals surface area (Å²) in [6.45, 7) is 3.77. The first-order valence-corrected chi connectivity index (χ1v) is 4.44. The minimum absolute atomic E-state index is 0.0280. The van der Waals surface area contributed by atoms with Gasteiger partial charge < -0.3 is 5.73 Å². The maximum absolute atomic E-state index is 11.3. The number of nitrogens with two attached hydrogens (primary N) is 1. The predicted molar refractivity (Wildman–Crippen MR) is 54.3 cm³/mol. The van der Waals surface area contributed by atoms with E-state index in [1.165, 1.54) is 0 Å². The second-order valence-corrected chi connectivity index (χ2v) is 3.37. The van der Waals surface area contributed by atoms with Gasteiger partial charge in [-0.15, -0.1) is 0 Å². The lowest BCUT2D eigenvalue weighted by Gasteiger charge is -2.07. The smallest absolute Gasteiger partial charge is 0.176 e. The van der Waals surface area contributed by atoms with Gasteiger partial charge in [0, 0.05) is 10.6 Å². The lowest BCUT2D eigenvalue weighted by Crippen LogP contribution is -2.15. The van der Waals surface area contributed by atoms with Crippen LogP contribution in [0.25, 0.3) is 0 Å². The Morgan fingerprint density at radius 2 is 2.08 bits per heavy atom. The molecule has 0 aliphatic rings. The molecule has 0 bridgehead atoms. The van der Waals surface area contributed by atoms with Gasteiger partial charge in [0.2, 0.25) is 0 Å². The van der Waals surface area contributed by atoms with E-state index in [0.717, 1.165) is 11.1 Å². The highest BCUT2D eigenvalue weighted by Crippen LogP contribution is 2.23. The van der Waals surface area contributed by atoms with Gasteiger partial charge >= 0.3 is 0 Å². The maximum Gasteiger partial charge on any atom is 0.176 e. The highest BCUT2D eigenvalue weighted by Gasteiger charge is 2.10. The molecule has 13 heavy (non-hydrogen) atoms. The molecular weight excluding hydrogens is 186 g/mol. The quantitative estimate of drug-likeness (QED) is 0.738. The molecule has 0 radical (unpaired) electrons. The Hall–Kier alpha value is -0.860. The molecule has 3 heteroatoms. The van der Waals surface area contributed by atoms with E-state index in [1.807, 2.05) is 19.9 Å². The number of benzene rings is 1. The van der Waals surface area contributed by atoms with Crippen molar-refractivity contribution in [2.45, 2.75) is 13.8 Å². The van der Waals surface area contributed by atoms with E-state index < -0.39 is 0 Å². The zero-order valence-corrected chi connectivity index (χ0v) is 8.48. The number of aryl methyl sites for hydroxylation is 1. The van der Waals surface area contributed by atoms with Gasteiger partial charge in [0.25, 0.3) is 0 Å². The van der Waals surface area contributed by atoms with Crippen LogP contribution in [0, 0.1) is 13.8 Å². The molecular formula is C10H12ClNO. The Morgan fingerprint density at radius 3 is 2.62 bits per heavy atom. The van der Waals surface area contributed by atoms with Crippen LogP contribution in [0.4, 0.5) is 0 Å². The second-order valence-electron chi connectivity index (χ2n) is 3.00. The molecule has 0 aliphatic carbocycles. The van der Waals surface area contributed by atoms with E-state index in [1.54, 1.807) is 6.07 Å². The van der Waals surface area contributed by atoms with Crippen molar-refractivity contribution in [1.82, 2.24) is 0 Å². The van der Waals surface area contributed by atoms with Crippen molar-refractivity contribution in [3.8, 4) is 0 Å². The summed E-state index contributed by atoms with van der Waals surface area (Å²) in [7, 11) is 0. The van der Waals surface area contributed by atoms with Crippen molar-refractivity contribution in [3.63, 3.8) is 0 Å². The fourth-order valence-corrected chi connectivity index (χ4v) is 1.40. The summed E-state index contributed by atoms with van der Waals surface area (Å²) in [5, 5.41) is 0.652. The van der Waals surface area contributed by atoms with Crippen LogP contribution >= 0.6 is 11.6 Å². The number of ketones is 1. The van der Waals surface area contributed by atoms with Crippen LogP contribution in [0.3, 0.4) is 0 Å². The summed E-state index contributed by atoms with van der Waals surface area (Å²) in [5.74, 6) is -0.0700. The normalized spacial score (nSPS) is 10.2. The molecule has 1 aromatic rings. The molecule has 0 saturated carbocycles. The number of hydrogen-bond acceptors (Lipinski definition) is 2. The van der Waals surface area contributed by atoms with Gasteiger partial charge in [0.15, 0.2) is 5.78 Å². The summed E-state index contributed by atoms with van der Waals surface area (Å²) in [6, 6.07) is 3.60. The summed E-state index contributed by atoms with van der Waals surface area (Å²) in [4.78, 5) is 11.3. The van der Waals surface area contributed by atoms with Crippen LogP contribution in [-0.4, -0.2) is 12.3 Å². The Kier molecular flexibility index (Phi) is 3.07. The summed E-state index contributed by atoms with van der Waals surface area (Å²) in [5.41, 5.74) is 7.69. The van der Waals surface area contributed by atoms with Crippen molar-refractivity contribution >= 4 is 17.4 Å². The van der Waals surface area contributed by atoms with Gasteiger partial charge in [-0.05, 0) is 25.0 Å². The molecule has 1 rings (SSSR count). The van der Waals surface area contributed by atoms with E-state index in [0.29, 0.717) is 10.6 Å². The van der Waals surface area contributed by atoms with Gasteiger partial charge in [0.1, 0.15) is 0 Å². The first kappa shape index (κ1) is 10.2. The van der Waals surface area contributed by atoms with Gasteiger partial charge in [0.05, 0.1) is 6.54 Å². The maximum atomic E-state index is 11.3. The minimum Gasteiger partial charge on any atom is -0.324 e. The highest BCUT2D eigenvalue weighted by molar-refractivity contribution is 6.32. The molecule has 0 aromatic heterocycles. The molecule has 0 unspecified atom stereocenters. The van der Waals surface area contributed by atoms with Crippen molar-refractivity contribution in [1.29, 1.82) is 0 Å². The van der Waals surface area contributed by atoms with E-state index >= 15 is 0 Å². The molecule has 0 fully saturated rings. The number of rotatable bonds is 2. The van der Waals surface area contributed by atoms with E-state index in [2.05, 4.69) is 0 Å². The van der Waals surface area contributed by atoms with Crippen LogP contribution in [0.2, 0.25) is 5.02 Å². The van der Waals surface area contributed by atoms with Crippen LogP contribution in [0.5, 0.6) is 0 Å². The van der Waals surface area contributed by atoms with Crippen molar-refractivity contribution in [2.75, 3.05) is 6.54 Å². The minimum atomic E-state index is -0.0700. The SMILES string of the molecule is Cc1ccc(C(=O)CN)c(C)c1Cl. The van der Waals surface area contributed by atoms with Gasteiger partial charge in [-0.3, -0.25) is 4.79 Å². The number of Topliss-reactive ketones (excluding diaryl/α,β-unsaturated/α-hetero) is 1. The Bertz CT molecular complexity index is 347. The van der Waals surface area contributed by atoms with Crippen LogP contribution in [0.15, 0.2) is 12.1 Å². The second kappa shape index (κ2) is 3.90. The molecule has 0 aliphatic heterocycles. The predicted octanol–water partition coefficient (Wildman–Crippen LogP) is 2.10. The number of carbonyl (C=O) groups is 1. The largest absolute Gasteiger partial charge is 0.324 e. The number of carbonyl (C=O) groups excluding carboxylic acids is 1. The fraction of sp³-hybridized carbons (Fsp3) is 0.300. The highest BCUT2D eigenvalue weighted by atomic mass is 35.5. The van der Waals surface area contributed by atoms with Crippen molar-refractivity contribution in [3.05, 3.63) is 33.8 Å². The Balaban J connectivity index is 3.26. The van der Waals surface area contributed by atoms with Crippen LogP contribution in [0.1, 0.15) is 21.5 Å². The molecule has 0 spiro atoms. The average molecular weight is 198 g/mol. The third-order valence-electron chi connectivity index (χ3n) is 2.07. The lowest BCUT2D eigenvalue weighted by atomic mass is 10.0. The molecule has 2 nitrogen and oxygen atoms in total. The number of halogens is 1. The van der Waals surface area contributed by atoms with Crippen molar-refractivity contribution < 1.29 is 4.79 Å². The van der Waals surface area contributed by atoms with Gasteiger partial charge in [-0.2, -0.15) is 0 Å². The molecule has 0 saturated heterocycles. The topological polar surface area (TPSA) is 43.1 Å². The molecule has 70 valence electrons. The zero-order chi connectivity index (χ0) is 10.0. The third kappa shape index (κ3) is 1.90. The lowest BCUT2D eigenvalue weighted by molar-refractivity contribution is 0.100. The van der Waals surface area contributed by atoms with E-state index in [9.17, 15) is 4.79 Å². The Labute approximate surface area is 82.7 Å². The molecule has 1 aromatic carbocycles. The van der Waals surface area contributed by atoms with E-state index in [-0.39, 0.29) is 12.3 Å². The summed E-state index contributed by atoms with van der Waals surface area (Å²) < 4.78 is 0. The summed E-state index contributed by atoms with van der Waals surface area (Å²) in [6.07, 6.45) is 0. The molecule has 0 heterocycles.